The molecule has 0 saturated heterocycles. The number of hydrogen-bond acceptors (Lipinski definition) is 3. The van der Waals surface area contributed by atoms with Gasteiger partial charge < -0.3 is 14.8 Å². The molecule has 0 aromatic heterocycles. The molecule has 0 bridgehead atoms. The van der Waals surface area contributed by atoms with Crippen molar-refractivity contribution in [2.24, 2.45) is 0 Å². The highest BCUT2D eigenvalue weighted by Crippen LogP contribution is 2.37. The van der Waals surface area contributed by atoms with Gasteiger partial charge in [0.25, 0.3) is 0 Å². The van der Waals surface area contributed by atoms with E-state index in [9.17, 15) is 0 Å². The molecule has 112 valence electrons. The van der Waals surface area contributed by atoms with Crippen LogP contribution in [0.15, 0.2) is 40.9 Å². The first-order chi connectivity index (χ1) is 10.1. The Morgan fingerprint density at radius 2 is 2.00 bits per heavy atom. The summed E-state index contributed by atoms with van der Waals surface area (Å²) in [7, 11) is 3.50. The van der Waals surface area contributed by atoms with Crippen molar-refractivity contribution >= 4 is 27.5 Å². The van der Waals surface area contributed by atoms with E-state index in [0.29, 0.717) is 23.1 Å². The molecule has 0 radical (unpaired) electrons. The lowest BCUT2D eigenvalue weighted by molar-refractivity contribution is 0.284. The van der Waals surface area contributed by atoms with Crippen molar-refractivity contribution in [2.45, 2.75) is 13.2 Å². The molecule has 0 aliphatic carbocycles. The monoisotopic (exact) mass is 369 g/mol. The van der Waals surface area contributed by atoms with Gasteiger partial charge in [-0.1, -0.05) is 39.7 Å². The summed E-state index contributed by atoms with van der Waals surface area (Å²) in [5.41, 5.74) is 2.11. The van der Waals surface area contributed by atoms with Gasteiger partial charge in [-0.25, -0.2) is 0 Å². The number of benzene rings is 2. The molecule has 0 aliphatic heterocycles. The highest BCUT2D eigenvalue weighted by atomic mass is 79.9. The molecular weight excluding hydrogens is 354 g/mol. The van der Waals surface area contributed by atoms with Gasteiger partial charge in [0.15, 0.2) is 11.5 Å². The van der Waals surface area contributed by atoms with Gasteiger partial charge in [-0.05, 0) is 42.4 Å². The zero-order valence-corrected chi connectivity index (χ0v) is 14.3. The zero-order chi connectivity index (χ0) is 15.2. The molecule has 5 heteroatoms. The molecule has 0 unspecified atom stereocenters. The Morgan fingerprint density at radius 3 is 2.67 bits per heavy atom. The minimum atomic E-state index is 0.431. The highest BCUT2D eigenvalue weighted by molar-refractivity contribution is 9.10. The Hall–Kier alpha value is -1.23. The van der Waals surface area contributed by atoms with E-state index in [1.165, 1.54) is 0 Å². The van der Waals surface area contributed by atoms with Gasteiger partial charge in [0.1, 0.15) is 6.61 Å². The molecule has 21 heavy (non-hydrogen) atoms. The van der Waals surface area contributed by atoms with Crippen LogP contribution in [0.25, 0.3) is 0 Å². The molecular formula is C16H17BrClNO2. The van der Waals surface area contributed by atoms with Gasteiger partial charge in [-0.2, -0.15) is 0 Å². The second kappa shape index (κ2) is 7.69. The van der Waals surface area contributed by atoms with Gasteiger partial charge in [0, 0.05) is 11.0 Å². The summed E-state index contributed by atoms with van der Waals surface area (Å²) >= 11 is 9.75. The first-order valence-electron chi connectivity index (χ1n) is 6.52. The van der Waals surface area contributed by atoms with Crippen LogP contribution in [0.5, 0.6) is 11.5 Å². The Labute approximate surface area is 138 Å². The van der Waals surface area contributed by atoms with E-state index in [-0.39, 0.29) is 0 Å². The lowest BCUT2D eigenvalue weighted by Crippen LogP contribution is -2.06. The van der Waals surface area contributed by atoms with Crippen LogP contribution in [0.4, 0.5) is 0 Å². The van der Waals surface area contributed by atoms with Crippen molar-refractivity contribution in [3.8, 4) is 11.5 Å². The Kier molecular flexibility index (Phi) is 5.91. The van der Waals surface area contributed by atoms with Crippen LogP contribution >= 0.6 is 27.5 Å². The number of rotatable bonds is 6. The smallest absolute Gasteiger partial charge is 0.180 e. The third-order valence-electron chi connectivity index (χ3n) is 2.94. The van der Waals surface area contributed by atoms with E-state index in [1.54, 1.807) is 7.11 Å². The summed E-state index contributed by atoms with van der Waals surface area (Å²) in [5.74, 6) is 1.21. The summed E-state index contributed by atoms with van der Waals surface area (Å²) in [6, 6.07) is 11.8. The number of nitrogens with one attached hydrogen (secondary N) is 1. The summed E-state index contributed by atoms with van der Waals surface area (Å²) in [6.07, 6.45) is 0. The van der Waals surface area contributed by atoms with Crippen LogP contribution in [-0.2, 0) is 13.2 Å². The van der Waals surface area contributed by atoms with Crippen molar-refractivity contribution < 1.29 is 9.47 Å². The van der Waals surface area contributed by atoms with Gasteiger partial charge in [0.2, 0.25) is 0 Å². The van der Waals surface area contributed by atoms with Crippen LogP contribution in [0.2, 0.25) is 5.02 Å². The third kappa shape index (κ3) is 4.37. The van der Waals surface area contributed by atoms with Crippen molar-refractivity contribution in [1.29, 1.82) is 0 Å². The number of hydrogen-bond donors (Lipinski definition) is 1. The Balaban J connectivity index is 2.19. The first-order valence-corrected chi connectivity index (χ1v) is 7.69. The third-order valence-corrected chi connectivity index (χ3v) is 3.72. The number of halogens is 2. The quantitative estimate of drug-likeness (QED) is 0.817. The lowest BCUT2D eigenvalue weighted by atomic mass is 10.2. The average Bonchev–Trinajstić information content (AvgIpc) is 2.46. The number of ether oxygens (including phenoxy) is 2. The Morgan fingerprint density at radius 1 is 1.19 bits per heavy atom. The van der Waals surface area contributed by atoms with Crippen molar-refractivity contribution in [1.82, 2.24) is 5.32 Å². The van der Waals surface area contributed by atoms with Crippen LogP contribution in [0.1, 0.15) is 11.1 Å². The topological polar surface area (TPSA) is 30.5 Å². The lowest BCUT2D eigenvalue weighted by Gasteiger charge is -2.14. The summed E-state index contributed by atoms with van der Waals surface area (Å²) < 4.78 is 12.2. The van der Waals surface area contributed by atoms with Gasteiger partial charge >= 0.3 is 0 Å². The van der Waals surface area contributed by atoms with Crippen LogP contribution in [-0.4, -0.2) is 14.2 Å². The predicted octanol–water partition coefficient (Wildman–Crippen LogP) is 4.41. The molecule has 0 atom stereocenters. The van der Waals surface area contributed by atoms with Crippen molar-refractivity contribution in [2.75, 3.05) is 14.2 Å². The second-order valence-corrected chi connectivity index (χ2v) is 5.88. The summed E-state index contributed by atoms with van der Waals surface area (Å²) in [4.78, 5) is 0. The van der Waals surface area contributed by atoms with E-state index in [2.05, 4.69) is 21.2 Å². The SMILES string of the molecule is CNCc1cc(Cl)c(OCc2cccc(Br)c2)c(OC)c1. The molecule has 0 fully saturated rings. The minimum Gasteiger partial charge on any atom is -0.493 e. The van der Waals surface area contributed by atoms with E-state index >= 15 is 0 Å². The fourth-order valence-electron chi connectivity index (χ4n) is 2.00. The summed E-state index contributed by atoms with van der Waals surface area (Å²) in [5, 5.41) is 3.64. The molecule has 0 aliphatic rings. The molecule has 3 nitrogen and oxygen atoms in total. The maximum atomic E-state index is 6.30. The fourth-order valence-corrected chi connectivity index (χ4v) is 2.74. The molecule has 0 saturated carbocycles. The molecule has 0 amide bonds. The van der Waals surface area contributed by atoms with Gasteiger partial charge in [-0.3, -0.25) is 0 Å². The highest BCUT2D eigenvalue weighted by Gasteiger charge is 2.12. The standard InChI is InChI=1S/C16H17BrClNO2/c1-19-9-12-7-14(18)16(15(8-12)20-2)21-10-11-4-3-5-13(17)6-11/h3-8,19H,9-10H2,1-2H3. The van der Waals surface area contributed by atoms with Crippen molar-refractivity contribution in [3.05, 3.63) is 57.0 Å². The predicted molar refractivity (Wildman–Crippen MR) is 89.2 cm³/mol. The summed E-state index contributed by atoms with van der Waals surface area (Å²) in [6.45, 7) is 1.16. The number of methoxy groups -OCH3 is 1. The molecule has 0 heterocycles. The van der Waals surface area contributed by atoms with Gasteiger partial charge in [0.05, 0.1) is 12.1 Å². The normalized spacial score (nSPS) is 10.5. The molecule has 2 rings (SSSR count). The van der Waals surface area contributed by atoms with E-state index in [1.807, 2.05) is 43.4 Å². The fraction of sp³-hybridized carbons (Fsp3) is 0.250. The Bertz CT molecular complexity index is 619. The van der Waals surface area contributed by atoms with Gasteiger partial charge in [-0.15, -0.1) is 0 Å². The largest absolute Gasteiger partial charge is 0.493 e. The average molecular weight is 371 g/mol. The maximum absolute atomic E-state index is 6.30. The van der Waals surface area contributed by atoms with Crippen molar-refractivity contribution in [3.63, 3.8) is 0 Å². The maximum Gasteiger partial charge on any atom is 0.180 e. The zero-order valence-electron chi connectivity index (χ0n) is 12.0. The first kappa shape index (κ1) is 16.1. The van der Waals surface area contributed by atoms with E-state index < -0.39 is 0 Å². The molecule has 2 aromatic carbocycles. The minimum absolute atomic E-state index is 0.431. The molecule has 1 N–H and O–H groups in total. The molecule has 2 aromatic rings. The van der Waals surface area contributed by atoms with E-state index in [0.717, 1.165) is 22.1 Å². The van der Waals surface area contributed by atoms with Crippen LogP contribution < -0.4 is 14.8 Å². The second-order valence-electron chi connectivity index (χ2n) is 4.56. The van der Waals surface area contributed by atoms with E-state index in [4.69, 9.17) is 21.1 Å². The van der Waals surface area contributed by atoms with Crippen LogP contribution in [0, 0.1) is 0 Å². The van der Waals surface area contributed by atoms with Crippen LogP contribution in [0.3, 0.4) is 0 Å². The molecule has 0 spiro atoms.